The molecule has 4 nitrogen and oxygen atoms in total. The van der Waals surface area contributed by atoms with E-state index in [2.05, 4.69) is 0 Å². The van der Waals surface area contributed by atoms with Gasteiger partial charge in [-0.3, -0.25) is 4.79 Å². The van der Waals surface area contributed by atoms with Crippen LogP contribution in [0.3, 0.4) is 0 Å². The van der Waals surface area contributed by atoms with Crippen LogP contribution in [0.2, 0.25) is 0 Å². The second-order valence-electron chi connectivity index (χ2n) is 4.13. The molecule has 1 rings (SSSR count). The van der Waals surface area contributed by atoms with Gasteiger partial charge in [-0.05, 0) is 32.0 Å². The summed E-state index contributed by atoms with van der Waals surface area (Å²) in [6.07, 6.45) is 0. The average molecular weight is 253 g/mol. The molecule has 0 bridgehead atoms. The van der Waals surface area contributed by atoms with Gasteiger partial charge in [0.05, 0.1) is 17.9 Å². The average Bonchev–Trinajstić information content (AvgIpc) is 2.33. The highest BCUT2D eigenvalue weighted by atomic mass is 19.1. The lowest BCUT2D eigenvalue weighted by Gasteiger charge is -2.25. The number of anilines is 2. The fraction of sp³-hybridized carbons (Fsp3) is 0.462. The molecule has 0 saturated heterocycles. The van der Waals surface area contributed by atoms with Crippen molar-refractivity contribution < 1.29 is 9.18 Å². The quantitative estimate of drug-likeness (QED) is 0.813. The monoisotopic (exact) mass is 253 g/mol. The van der Waals surface area contributed by atoms with Gasteiger partial charge in [-0.2, -0.15) is 0 Å². The summed E-state index contributed by atoms with van der Waals surface area (Å²) in [6.45, 7) is 5.38. The summed E-state index contributed by atoms with van der Waals surface area (Å²) in [7, 11) is 1.73. The van der Waals surface area contributed by atoms with Gasteiger partial charge in [0, 0.05) is 20.1 Å². The summed E-state index contributed by atoms with van der Waals surface area (Å²) in [6, 6.07) is 4.15. The number of hydrogen-bond acceptors (Lipinski definition) is 3. The van der Waals surface area contributed by atoms with E-state index in [1.807, 2.05) is 13.8 Å². The van der Waals surface area contributed by atoms with Gasteiger partial charge >= 0.3 is 0 Å². The lowest BCUT2D eigenvalue weighted by molar-refractivity contribution is -0.129. The van der Waals surface area contributed by atoms with Crippen LogP contribution in [0.15, 0.2) is 18.2 Å². The van der Waals surface area contributed by atoms with Gasteiger partial charge in [-0.1, -0.05) is 0 Å². The van der Waals surface area contributed by atoms with Gasteiger partial charge in [0.2, 0.25) is 5.91 Å². The first-order valence-electron chi connectivity index (χ1n) is 6.03. The first-order chi connectivity index (χ1) is 8.49. The number of nitrogens with two attached hydrogens (primary N) is 1. The molecule has 0 aliphatic rings. The Morgan fingerprint density at radius 2 is 1.94 bits per heavy atom. The Bertz CT molecular complexity index is 419. The van der Waals surface area contributed by atoms with E-state index in [4.69, 9.17) is 5.73 Å². The maximum atomic E-state index is 13.2. The molecule has 0 saturated carbocycles. The van der Waals surface area contributed by atoms with Gasteiger partial charge in [0.1, 0.15) is 5.82 Å². The number of carbonyl (C=O) groups is 1. The van der Waals surface area contributed by atoms with Crippen LogP contribution in [-0.2, 0) is 4.79 Å². The smallest absolute Gasteiger partial charge is 0.242 e. The number of nitrogens with zero attached hydrogens (tertiary/aromatic N) is 2. The van der Waals surface area contributed by atoms with Crippen molar-refractivity contribution in [3.63, 3.8) is 0 Å². The third-order valence-corrected chi connectivity index (χ3v) is 2.89. The topological polar surface area (TPSA) is 49.6 Å². The molecular formula is C13H20FN3O. The highest BCUT2D eigenvalue weighted by Crippen LogP contribution is 2.22. The maximum absolute atomic E-state index is 13.2. The molecule has 0 radical (unpaired) electrons. The summed E-state index contributed by atoms with van der Waals surface area (Å²) in [5.74, 6) is -0.354. The SMILES string of the molecule is CCN(CC)C(=O)CN(C)c1cc(F)ccc1N. The molecule has 0 atom stereocenters. The van der Waals surface area contributed by atoms with Gasteiger partial charge in [0.15, 0.2) is 0 Å². The third kappa shape index (κ3) is 3.35. The van der Waals surface area contributed by atoms with E-state index in [0.717, 1.165) is 0 Å². The number of carbonyl (C=O) groups excluding carboxylic acids is 1. The molecule has 5 heteroatoms. The lowest BCUT2D eigenvalue weighted by Crippen LogP contribution is -2.39. The largest absolute Gasteiger partial charge is 0.397 e. The van der Waals surface area contributed by atoms with E-state index in [1.165, 1.54) is 18.2 Å². The Hall–Kier alpha value is -1.78. The van der Waals surface area contributed by atoms with E-state index in [-0.39, 0.29) is 18.3 Å². The van der Waals surface area contributed by atoms with Gasteiger partial charge in [0.25, 0.3) is 0 Å². The Morgan fingerprint density at radius 3 is 2.50 bits per heavy atom. The standard InChI is InChI=1S/C13H20FN3O/c1-4-17(5-2)13(18)9-16(3)12-8-10(14)6-7-11(12)15/h6-8H,4-5,9,15H2,1-3H3. The minimum absolute atomic E-state index is 0.00570. The molecule has 0 heterocycles. The molecule has 0 aromatic heterocycles. The molecule has 1 aromatic carbocycles. The van der Waals surface area contributed by atoms with Crippen molar-refractivity contribution in [2.75, 3.05) is 37.3 Å². The molecule has 1 amide bonds. The zero-order chi connectivity index (χ0) is 13.7. The number of rotatable bonds is 5. The Morgan fingerprint density at radius 1 is 1.33 bits per heavy atom. The number of amides is 1. The van der Waals surface area contributed by atoms with Gasteiger partial charge in [-0.15, -0.1) is 0 Å². The first kappa shape index (κ1) is 14.3. The molecule has 18 heavy (non-hydrogen) atoms. The van der Waals surface area contributed by atoms with Crippen LogP contribution in [-0.4, -0.2) is 37.5 Å². The molecule has 2 N–H and O–H groups in total. The van der Waals surface area contributed by atoms with Gasteiger partial charge < -0.3 is 15.5 Å². The molecule has 100 valence electrons. The van der Waals surface area contributed by atoms with E-state index in [0.29, 0.717) is 24.5 Å². The van der Waals surface area contributed by atoms with Crippen LogP contribution in [0.5, 0.6) is 0 Å². The summed E-state index contributed by atoms with van der Waals surface area (Å²) in [4.78, 5) is 15.3. The van der Waals surface area contributed by atoms with Crippen LogP contribution in [0.25, 0.3) is 0 Å². The molecule has 0 aliphatic carbocycles. The first-order valence-corrected chi connectivity index (χ1v) is 6.03. The third-order valence-electron chi connectivity index (χ3n) is 2.89. The predicted octanol–water partition coefficient (Wildman–Crippen LogP) is 1.71. The number of halogens is 1. The molecule has 1 aromatic rings. The summed E-state index contributed by atoms with van der Waals surface area (Å²) >= 11 is 0. The van der Waals surface area contributed by atoms with E-state index in [9.17, 15) is 9.18 Å². The number of nitrogen functional groups attached to an aromatic ring is 1. The molecule has 0 aliphatic heterocycles. The number of likely N-dealkylation sites (N-methyl/N-ethyl adjacent to an activating group) is 2. The van der Waals surface area contributed by atoms with Crippen molar-refractivity contribution in [1.29, 1.82) is 0 Å². The van der Waals surface area contributed by atoms with Crippen molar-refractivity contribution in [1.82, 2.24) is 4.90 Å². The Kier molecular flexibility index (Phi) is 4.95. The second kappa shape index (κ2) is 6.23. The highest BCUT2D eigenvalue weighted by molar-refractivity contribution is 5.83. The lowest BCUT2D eigenvalue weighted by atomic mass is 10.2. The Balaban J connectivity index is 2.79. The summed E-state index contributed by atoms with van der Waals surface area (Å²) < 4.78 is 13.2. The zero-order valence-electron chi connectivity index (χ0n) is 11.1. The normalized spacial score (nSPS) is 10.2. The van der Waals surface area contributed by atoms with Crippen molar-refractivity contribution in [2.24, 2.45) is 0 Å². The van der Waals surface area contributed by atoms with Crippen molar-refractivity contribution in [3.8, 4) is 0 Å². The Labute approximate surface area is 107 Å². The number of hydrogen-bond donors (Lipinski definition) is 1. The van der Waals surface area contributed by atoms with Crippen molar-refractivity contribution >= 4 is 17.3 Å². The van der Waals surface area contributed by atoms with E-state index < -0.39 is 0 Å². The highest BCUT2D eigenvalue weighted by Gasteiger charge is 2.14. The molecule has 0 fully saturated rings. The molecular weight excluding hydrogens is 233 g/mol. The minimum atomic E-state index is -0.360. The van der Waals surface area contributed by atoms with E-state index in [1.54, 1.807) is 16.8 Å². The second-order valence-corrected chi connectivity index (χ2v) is 4.13. The van der Waals surface area contributed by atoms with E-state index >= 15 is 0 Å². The van der Waals surface area contributed by atoms with Crippen molar-refractivity contribution in [3.05, 3.63) is 24.0 Å². The fourth-order valence-corrected chi connectivity index (χ4v) is 1.81. The van der Waals surface area contributed by atoms with Gasteiger partial charge in [-0.25, -0.2) is 4.39 Å². The van der Waals surface area contributed by atoms with Crippen LogP contribution in [0.4, 0.5) is 15.8 Å². The number of benzene rings is 1. The van der Waals surface area contributed by atoms with Crippen LogP contribution < -0.4 is 10.6 Å². The fourth-order valence-electron chi connectivity index (χ4n) is 1.81. The van der Waals surface area contributed by atoms with Crippen molar-refractivity contribution in [2.45, 2.75) is 13.8 Å². The van der Waals surface area contributed by atoms with Crippen LogP contribution in [0, 0.1) is 5.82 Å². The predicted molar refractivity (Wildman–Crippen MR) is 72.0 cm³/mol. The summed E-state index contributed by atoms with van der Waals surface area (Å²) in [5, 5.41) is 0. The van der Waals surface area contributed by atoms with Crippen LogP contribution >= 0.6 is 0 Å². The molecule has 0 spiro atoms. The molecule has 0 unspecified atom stereocenters. The minimum Gasteiger partial charge on any atom is -0.397 e. The summed E-state index contributed by atoms with van der Waals surface area (Å²) in [5.41, 5.74) is 6.78. The van der Waals surface area contributed by atoms with Crippen LogP contribution in [0.1, 0.15) is 13.8 Å². The maximum Gasteiger partial charge on any atom is 0.242 e. The zero-order valence-corrected chi connectivity index (χ0v) is 11.1.